The summed E-state index contributed by atoms with van der Waals surface area (Å²) in [5, 5.41) is 11.6. The molecule has 20 heavy (non-hydrogen) atoms. The number of ether oxygens (including phenoxy) is 3. The van der Waals surface area contributed by atoms with Gasteiger partial charge in [0.2, 0.25) is 5.75 Å². The maximum absolute atomic E-state index is 5.54. The lowest BCUT2D eigenvalue weighted by Crippen LogP contribution is -2.12. The summed E-state index contributed by atoms with van der Waals surface area (Å²) in [6, 6.07) is 3.58. The highest BCUT2D eigenvalue weighted by molar-refractivity contribution is 5.66. The Bertz CT molecular complexity index is 559. The topological polar surface area (TPSA) is 97.3 Å². The SMILES string of the molecule is COc1cc(-c2nnnn2CCN)cc(OC)c1OC. The molecule has 0 aliphatic rings. The maximum atomic E-state index is 5.54. The molecule has 8 heteroatoms. The molecule has 1 aromatic carbocycles. The molecule has 8 nitrogen and oxygen atoms in total. The first-order valence-corrected chi connectivity index (χ1v) is 6.01. The van der Waals surface area contributed by atoms with Crippen LogP contribution >= 0.6 is 0 Å². The van der Waals surface area contributed by atoms with E-state index in [1.165, 1.54) is 0 Å². The lowest BCUT2D eigenvalue weighted by atomic mass is 10.1. The second-order valence-corrected chi connectivity index (χ2v) is 3.93. The van der Waals surface area contributed by atoms with E-state index in [-0.39, 0.29) is 0 Å². The van der Waals surface area contributed by atoms with Gasteiger partial charge in [-0.15, -0.1) is 5.10 Å². The van der Waals surface area contributed by atoms with Crippen LogP contribution in [0.15, 0.2) is 12.1 Å². The number of nitrogens with zero attached hydrogens (tertiary/aromatic N) is 4. The molecule has 1 aromatic heterocycles. The van der Waals surface area contributed by atoms with Gasteiger partial charge in [-0.05, 0) is 22.6 Å². The van der Waals surface area contributed by atoms with Crippen LogP contribution in [0.4, 0.5) is 0 Å². The third-order valence-electron chi connectivity index (χ3n) is 2.80. The first-order chi connectivity index (χ1) is 9.74. The number of hydrogen-bond donors (Lipinski definition) is 1. The van der Waals surface area contributed by atoms with Crippen LogP contribution in [0.25, 0.3) is 11.4 Å². The Morgan fingerprint density at radius 1 is 1.10 bits per heavy atom. The number of aromatic nitrogens is 4. The van der Waals surface area contributed by atoms with Crippen LogP contribution in [0.1, 0.15) is 0 Å². The number of nitrogens with two attached hydrogens (primary N) is 1. The highest BCUT2D eigenvalue weighted by atomic mass is 16.5. The minimum absolute atomic E-state index is 0.447. The van der Waals surface area contributed by atoms with Crippen LogP contribution in [0.3, 0.4) is 0 Å². The van der Waals surface area contributed by atoms with Gasteiger partial charge in [0, 0.05) is 12.1 Å². The number of tetrazole rings is 1. The van der Waals surface area contributed by atoms with E-state index in [1.54, 1.807) is 38.1 Å². The van der Waals surface area contributed by atoms with Crippen LogP contribution in [-0.2, 0) is 6.54 Å². The van der Waals surface area contributed by atoms with Crippen molar-refractivity contribution in [2.75, 3.05) is 27.9 Å². The molecule has 2 aromatic rings. The number of hydrogen-bond acceptors (Lipinski definition) is 7. The first kappa shape index (κ1) is 14.1. The number of rotatable bonds is 6. The summed E-state index contributed by atoms with van der Waals surface area (Å²) in [5.74, 6) is 2.21. The second kappa shape index (κ2) is 6.20. The van der Waals surface area contributed by atoms with E-state index in [0.29, 0.717) is 36.2 Å². The van der Waals surface area contributed by atoms with Crippen LogP contribution in [0.5, 0.6) is 17.2 Å². The minimum Gasteiger partial charge on any atom is -0.493 e. The third-order valence-corrected chi connectivity index (χ3v) is 2.80. The Morgan fingerprint density at radius 2 is 1.75 bits per heavy atom. The van der Waals surface area contributed by atoms with Crippen molar-refractivity contribution in [1.82, 2.24) is 20.2 Å². The van der Waals surface area contributed by atoms with E-state index < -0.39 is 0 Å². The monoisotopic (exact) mass is 279 g/mol. The summed E-state index contributed by atoms with van der Waals surface area (Å²) < 4.78 is 17.5. The summed E-state index contributed by atoms with van der Waals surface area (Å²) >= 11 is 0. The van der Waals surface area contributed by atoms with Gasteiger partial charge >= 0.3 is 0 Å². The molecule has 0 fully saturated rings. The fourth-order valence-electron chi connectivity index (χ4n) is 1.89. The Kier molecular flexibility index (Phi) is 4.36. The van der Waals surface area contributed by atoms with Gasteiger partial charge in [-0.1, -0.05) is 0 Å². The average Bonchev–Trinajstić information content (AvgIpc) is 2.94. The van der Waals surface area contributed by atoms with Crippen molar-refractivity contribution in [1.29, 1.82) is 0 Å². The van der Waals surface area contributed by atoms with Gasteiger partial charge in [-0.3, -0.25) is 0 Å². The molecule has 0 saturated heterocycles. The summed E-state index contributed by atoms with van der Waals surface area (Å²) in [7, 11) is 4.67. The van der Waals surface area contributed by atoms with Gasteiger partial charge in [-0.25, -0.2) is 4.68 Å². The molecular formula is C12H17N5O3. The fourth-order valence-corrected chi connectivity index (χ4v) is 1.89. The van der Waals surface area contributed by atoms with Gasteiger partial charge in [0.1, 0.15) is 0 Å². The van der Waals surface area contributed by atoms with Gasteiger partial charge in [-0.2, -0.15) is 0 Å². The molecule has 0 atom stereocenters. The summed E-state index contributed by atoms with van der Waals surface area (Å²) in [6.07, 6.45) is 0. The largest absolute Gasteiger partial charge is 0.493 e. The molecule has 2 rings (SSSR count). The molecule has 0 unspecified atom stereocenters. The lowest BCUT2D eigenvalue weighted by Gasteiger charge is -2.13. The fraction of sp³-hybridized carbons (Fsp3) is 0.417. The predicted octanol–water partition coefficient (Wildman–Crippen LogP) is 0.325. The predicted molar refractivity (Wildman–Crippen MR) is 72.0 cm³/mol. The van der Waals surface area contributed by atoms with Crippen molar-refractivity contribution in [2.24, 2.45) is 5.73 Å². The quantitative estimate of drug-likeness (QED) is 0.813. The zero-order chi connectivity index (χ0) is 14.5. The molecule has 108 valence electrons. The van der Waals surface area contributed by atoms with Crippen molar-refractivity contribution in [3.63, 3.8) is 0 Å². The highest BCUT2D eigenvalue weighted by Gasteiger charge is 2.17. The highest BCUT2D eigenvalue weighted by Crippen LogP contribution is 2.40. The van der Waals surface area contributed by atoms with Gasteiger partial charge < -0.3 is 19.9 Å². The molecule has 1 heterocycles. The molecule has 0 bridgehead atoms. The Morgan fingerprint density at radius 3 is 2.25 bits per heavy atom. The number of methoxy groups -OCH3 is 3. The van der Waals surface area contributed by atoms with E-state index in [2.05, 4.69) is 15.5 Å². The molecule has 0 saturated carbocycles. The van der Waals surface area contributed by atoms with E-state index in [1.807, 2.05) is 0 Å². The Hall–Kier alpha value is -2.35. The minimum atomic E-state index is 0.447. The normalized spacial score (nSPS) is 10.4. The van der Waals surface area contributed by atoms with Crippen LogP contribution in [-0.4, -0.2) is 48.1 Å². The van der Waals surface area contributed by atoms with Crippen molar-refractivity contribution in [3.8, 4) is 28.6 Å². The molecule has 0 amide bonds. The van der Waals surface area contributed by atoms with Crippen molar-refractivity contribution in [3.05, 3.63) is 12.1 Å². The maximum Gasteiger partial charge on any atom is 0.203 e. The smallest absolute Gasteiger partial charge is 0.203 e. The summed E-state index contributed by atoms with van der Waals surface area (Å²) in [5.41, 5.74) is 6.30. The van der Waals surface area contributed by atoms with Crippen LogP contribution in [0, 0.1) is 0 Å². The second-order valence-electron chi connectivity index (χ2n) is 3.93. The molecule has 2 N–H and O–H groups in total. The molecule has 0 spiro atoms. The van der Waals surface area contributed by atoms with Gasteiger partial charge in [0.25, 0.3) is 0 Å². The summed E-state index contributed by atoms with van der Waals surface area (Å²) in [6.45, 7) is 0.974. The molecule has 0 radical (unpaired) electrons. The molecule has 0 aliphatic heterocycles. The van der Waals surface area contributed by atoms with E-state index in [9.17, 15) is 0 Å². The van der Waals surface area contributed by atoms with Crippen LogP contribution < -0.4 is 19.9 Å². The van der Waals surface area contributed by atoms with Crippen LogP contribution in [0.2, 0.25) is 0 Å². The van der Waals surface area contributed by atoms with Crippen molar-refractivity contribution < 1.29 is 14.2 Å². The zero-order valence-electron chi connectivity index (χ0n) is 11.7. The number of benzene rings is 1. The van der Waals surface area contributed by atoms with E-state index >= 15 is 0 Å². The summed E-state index contributed by atoms with van der Waals surface area (Å²) in [4.78, 5) is 0. The van der Waals surface area contributed by atoms with E-state index in [0.717, 1.165) is 5.56 Å². The molecular weight excluding hydrogens is 262 g/mol. The average molecular weight is 279 g/mol. The lowest BCUT2D eigenvalue weighted by molar-refractivity contribution is 0.324. The van der Waals surface area contributed by atoms with E-state index in [4.69, 9.17) is 19.9 Å². The van der Waals surface area contributed by atoms with Crippen molar-refractivity contribution >= 4 is 0 Å². The third kappa shape index (κ3) is 2.50. The van der Waals surface area contributed by atoms with Gasteiger partial charge in [0.05, 0.1) is 27.9 Å². The van der Waals surface area contributed by atoms with Crippen molar-refractivity contribution in [2.45, 2.75) is 6.54 Å². The zero-order valence-corrected chi connectivity index (χ0v) is 11.7. The standard InChI is InChI=1S/C12H17N5O3/c1-18-9-6-8(7-10(19-2)11(9)20-3)12-14-15-16-17(12)5-4-13/h6-7H,4-5,13H2,1-3H3. The first-order valence-electron chi connectivity index (χ1n) is 6.01. The Labute approximate surface area is 116 Å². The molecule has 0 aliphatic carbocycles. The Balaban J connectivity index is 2.54. The van der Waals surface area contributed by atoms with Gasteiger partial charge in [0.15, 0.2) is 17.3 Å².